The average Bonchev–Trinajstić information content (AvgIpc) is 2.52. The first-order valence-corrected chi connectivity index (χ1v) is 7.09. The highest BCUT2D eigenvalue weighted by Gasteiger charge is 2.25. The van der Waals surface area contributed by atoms with Crippen molar-refractivity contribution in [2.45, 2.75) is 6.92 Å². The smallest absolute Gasteiger partial charge is 0.221 e. The molecule has 0 aliphatic carbocycles. The zero-order chi connectivity index (χ0) is 16.4. The predicted molar refractivity (Wildman–Crippen MR) is 84.9 cm³/mol. The molecule has 0 spiro atoms. The zero-order valence-electron chi connectivity index (χ0n) is 12.4. The lowest BCUT2D eigenvalue weighted by Gasteiger charge is -2.19. The van der Waals surface area contributed by atoms with Gasteiger partial charge in [-0.1, -0.05) is 18.2 Å². The van der Waals surface area contributed by atoms with Gasteiger partial charge in [0.15, 0.2) is 17.3 Å². The van der Waals surface area contributed by atoms with Gasteiger partial charge < -0.3 is 10.1 Å². The van der Waals surface area contributed by atoms with E-state index in [4.69, 9.17) is 4.74 Å². The summed E-state index contributed by atoms with van der Waals surface area (Å²) in [6.07, 6.45) is 1.70. The third kappa shape index (κ3) is 3.13. The minimum atomic E-state index is -0.533. The van der Waals surface area contributed by atoms with E-state index >= 15 is 0 Å². The fraction of sp³-hybridized carbons (Fsp3) is 0.111. The second kappa shape index (κ2) is 6.04. The molecule has 0 aromatic heterocycles. The molecule has 0 bridgehead atoms. The summed E-state index contributed by atoms with van der Waals surface area (Å²) in [5.74, 6) is -0.910. The van der Waals surface area contributed by atoms with E-state index in [0.29, 0.717) is 11.3 Å². The first-order chi connectivity index (χ1) is 11.0. The van der Waals surface area contributed by atoms with Gasteiger partial charge in [-0.25, -0.2) is 4.39 Å². The Balaban J connectivity index is 1.86. The molecule has 1 heterocycles. The van der Waals surface area contributed by atoms with Gasteiger partial charge in [-0.3, -0.25) is 9.59 Å². The number of nitrogens with one attached hydrogen (secondary N) is 1. The number of ketones is 1. The third-order valence-electron chi connectivity index (χ3n) is 3.45. The number of carbonyl (C=O) groups is 2. The molecule has 0 atom stereocenters. The predicted octanol–water partition coefficient (Wildman–Crippen LogP) is 3.44. The lowest BCUT2D eigenvalue weighted by Crippen LogP contribution is -2.19. The number of hydrogen-bond acceptors (Lipinski definition) is 3. The van der Waals surface area contributed by atoms with E-state index in [9.17, 15) is 14.0 Å². The van der Waals surface area contributed by atoms with Gasteiger partial charge in [0.1, 0.15) is 6.61 Å². The molecule has 1 aliphatic heterocycles. The molecule has 0 radical (unpaired) electrons. The molecule has 1 N–H and O–H groups in total. The Morgan fingerprint density at radius 2 is 1.96 bits per heavy atom. The Morgan fingerprint density at radius 3 is 2.65 bits per heavy atom. The number of carbonyl (C=O) groups excluding carboxylic acids is 2. The van der Waals surface area contributed by atoms with Gasteiger partial charge in [0.05, 0.1) is 5.56 Å². The Kier molecular flexibility index (Phi) is 3.93. The van der Waals surface area contributed by atoms with Gasteiger partial charge in [-0.15, -0.1) is 0 Å². The van der Waals surface area contributed by atoms with Crippen LogP contribution in [0.5, 0.6) is 5.75 Å². The van der Waals surface area contributed by atoms with E-state index in [-0.39, 0.29) is 29.6 Å². The highest BCUT2D eigenvalue weighted by Crippen LogP contribution is 2.30. The monoisotopic (exact) mass is 311 g/mol. The van der Waals surface area contributed by atoms with E-state index in [1.54, 1.807) is 36.4 Å². The van der Waals surface area contributed by atoms with Crippen molar-refractivity contribution in [2.24, 2.45) is 0 Å². The number of benzene rings is 2. The van der Waals surface area contributed by atoms with Gasteiger partial charge in [0.25, 0.3) is 0 Å². The molecule has 2 aromatic carbocycles. The molecule has 2 aromatic rings. The molecule has 0 fully saturated rings. The summed E-state index contributed by atoms with van der Waals surface area (Å²) in [6, 6.07) is 11.4. The number of Topliss-reactive ketones (excluding diaryl/α,β-unsaturated/α-hetero) is 1. The maximum absolute atomic E-state index is 13.6. The number of para-hydroxylation sites is 1. The van der Waals surface area contributed by atoms with Crippen LogP contribution in [0, 0.1) is 5.82 Å². The topological polar surface area (TPSA) is 55.4 Å². The molecule has 4 nitrogen and oxygen atoms in total. The molecule has 3 rings (SSSR count). The highest BCUT2D eigenvalue weighted by molar-refractivity contribution is 6.14. The summed E-state index contributed by atoms with van der Waals surface area (Å²) in [4.78, 5) is 23.4. The van der Waals surface area contributed by atoms with Crippen LogP contribution in [-0.4, -0.2) is 18.3 Å². The van der Waals surface area contributed by atoms with Crippen LogP contribution in [0.4, 0.5) is 10.1 Å². The van der Waals surface area contributed by atoms with Gasteiger partial charge in [-0.05, 0) is 35.9 Å². The van der Waals surface area contributed by atoms with Crippen LogP contribution >= 0.6 is 0 Å². The average molecular weight is 311 g/mol. The molecule has 0 saturated carbocycles. The Bertz CT molecular complexity index is 810. The van der Waals surface area contributed by atoms with Crippen LogP contribution in [0.3, 0.4) is 0 Å². The number of hydrogen-bond donors (Lipinski definition) is 1. The van der Waals surface area contributed by atoms with Crippen molar-refractivity contribution in [3.63, 3.8) is 0 Å². The van der Waals surface area contributed by atoms with Crippen molar-refractivity contribution in [3.05, 3.63) is 65.0 Å². The van der Waals surface area contributed by atoms with Crippen LogP contribution in [0.2, 0.25) is 0 Å². The van der Waals surface area contributed by atoms with Crippen molar-refractivity contribution < 1.29 is 18.7 Å². The molecule has 5 heteroatoms. The maximum atomic E-state index is 13.6. The summed E-state index contributed by atoms with van der Waals surface area (Å²) >= 11 is 0. The second-order valence-corrected chi connectivity index (χ2v) is 5.21. The highest BCUT2D eigenvalue weighted by atomic mass is 19.1. The molecule has 23 heavy (non-hydrogen) atoms. The van der Waals surface area contributed by atoms with Crippen LogP contribution in [-0.2, 0) is 4.79 Å². The van der Waals surface area contributed by atoms with Crippen molar-refractivity contribution in [3.8, 4) is 5.75 Å². The summed E-state index contributed by atoms with van der Waals surface area (Å²) < 4.78 is 19.0. The van der Waals surface area contributed by atoms with Crippen molar-refractivity contribution in [1.82, 2.24) is 0 Å². The first-order valence-electron chi connectivity index (χ1n) is 7.09. The Hall–Kier alpha value is -2.95. The minimum absolute atomic E-state index is 0.00987. The summed E-state index contributed by atoms with van der Waals surface area (Å²) in [5.41, 5.74) is 2.16. The number of rotatable bonds is 2. The lowest BCUT2D eigenvalue weighted by molar-refractivity contribution is -0.114. The van der Waals surface area contributed by atoms with E-state index in [1.165, 1.54) is 19.1 Å². The molecule has 0 unspecified atom stereocenters. The molecule has 1 amide bonds. The number of anilines is 1. The van der Waals surface area contributed by atoms with Crippen LogP contribution in [0.1, 0.15) is 22.8 Å². The van der Waals surface area contributed by atoms with Crippen LogP contribution in [0.15, 0.2) is 48.0 Å². The van der Waals surface area contributed by atoms with E-state index in [2.05, 4.69) is 5.32 Å². The second-order valence-electron chi connectivity index (χ2n) is 5.21. The fourth-order valence-corrected chi connectivity index (χ4v) is 2.40. The third-order valence-corrected chi connectivity index (χ3v) is 3.45. The molecular weight excluding hydrogens is 297 g/mol. The van der Waals surface area contributed by atoms with Crippen LogP contribution < -0.4 is 10.1 Å². The quantitative estimate of drug-likeness (QED) is 0.864. The lowest BCUT2D eigenvalue weighted by atomic mass is 9.98. The standard InChI is InChI=1S/C18H14FNO3/c1-11(21)20-14-7-5-12(6-8-14)9-13-10-23-18-15(17(13)22)3-2-4-16(18)19/h2-9H,10H2,1H3,(H,20,21). The largest absolute Gasteiger partial charge is 0.485 e. The molecule has 1 aliphatic rings. The van der Waals surface area contributed by atoms with E-state index in [1.807, 2.05) is 0 Å². The normalized spacial score (nSPS) is 15.0. The Morgan fingerprint density at radius 1 is 1.22 bits per heavy atom. The number of amides is 1. The zero-order valence-corrected chi connectivity index (χ0v) is 12.4. The van der Waals surface area contributed by atoms with E-state index < -0.39 is 5.82 Å². The summed E-state index contributed by atoms with van der Waals surface area (Å²) in [7, 11) is 0. The number of halogens is 1. The molecular formula is C18H14FNO3. The summed E-state index contributed by atoms with van der Waals surface area (Å²) in [5, 5.41) is 2.67. The molecule has 116 valence electrons. The Labute approximate surface area is 132 Å². The van der Waals surface area contributed by atoms with Gasteiger partial charge in [-0.2, -0.15) is 0 Å². The van der Waals surface area contributed by atoms with Crippen LogP contribution in [0.25, 0.3) is 6.08 Å². The minimum Gasteiger partial charge on any atom is -0.485 e. The van der Waals surface area contributed by atoms with Crippen molar-refractivity contribution >= 4 is 23.5 Å². The van der Waals surface area contributed by atoms with Gasteiger partial charge in [0.2, 0.25) is 5.91 Å². The van der Waals surface area contributed by atoms with E-state index in [0.717, 1.165) is 5.56 Å². The SMILES string of the molecule is CC(=O)Nc1ccc(C=C2COc3c(F)cccc3C2=O)cc1. The van der Waals surface area contributed by atoms with Crippen molar-refractivity contribution in [2.75, 3.05) is 11.9 Å². The first kappa shape index (κ1) is 15.0. The van der Waals surface area contributed by atoms with Crippen molar-refractivity contribution in [1.29, 1.82) is 0 Å². The molecule has 0 saturated heterocycles. The summed E-state index contributed by atoms with van der Waals surface area (Å²) in [6.45, 7) is 1.46. The van der Waals surface area contributed by atoms with Gasteiger partial charge >= 0.3 is 0 Å². The number of fused-ring (bicyclic) bond motifs is 1. The maximum Gasteiger partial charge on any atom is 0.221 e. The fourth-order valence-electron chi connectivity index (χ4n) is 2.40. The number of ether oxygens (including phenoxy) is 1. The van der Waals surface area contributed by atoms with Gasteiger partial charge in [0, 0.05) is 18.2 Å².